The van der Waals surface area contributed by atoms with Gasteiger partial charge in [-0.1, -0.05) is 12.1 Å². The molecule has 1 aromatic carbocycles. The first kappa shape index (κ1) is 20.5. The second-order valence-corrected chi connectivity index (χ2v) is 6.78. The van der Waals surface area contributed by atoms with Crippen LogP contribution in [0.3, 0.4) is 0 Å². The second kappa shape index (κ2) is 9.33. The van der Waals surface area contributed by atoms with E-state index in [1.807, 2.05) is 6.92 Å². The first-order chi connectivity index (χ1) is 14.0. The second-order valence-electron chi connectivity index (χ2n) is 6.78. The van der Waals surface area contributed by atoms with Gasteiger partial charge in [-0.2, -0.15) is 0 Å². The van der Waals surface area contributed by atoms with Crippen LogP contribution >= 0.6 is 0 Å². The van der Waals surface area contributed by atoms with Crippen molar-refractivity contribution in [2.75, 3.05) is 43.9 Å². The molecule has 3 rings (SSSR count). The zero-order chi connectivity index (χ0) is 20.8. The highest BCUT2D eigenvalue weighted by Gasteiger charge is 2.22. The Kier molecular flexibility index (Phi) is 6.61. The number of urea groups is 1. The molecule has 0 radical (unpaired) electrons. The SMILES string of the molecule is COC(=O)N1CCN(Cc2cccc(NC(=O)Nc3ccc(C)nc3)c2F)CC1. The number of benzene rings is 1. The highest BCUT2D eigenvalue weighted by Crippen LogP contribution is 2.20. The molecule has 2 heterocycles. The van der Waals surface area contributed by atoms with Crippen LogP contribution in [0.4, 0.5) is 25.4 Å². The van der Waals surface area contributed by atoms with Gasteiger partial charge in [0, 0.05) is 44.0 Å². The lowest BCUT2D eigenvalue weighted by Crippen LogP contribution is -2.48. The molecule has 0 spiro atoms. The number of nitrogens with one attached hydrogen (secondary N) is 2. The van der Waals surface area contributed by atoms with Crippen molar-refractivity contribution >= 4 is 23.5 Å². The third kappa shape index (κ3) is 5.41. The number of halogens is 1. The summed E-state index contributed by atoms with van der Waals surface area (Å²) in [6.45, 7) is 4.53. The third-order valence-electron chi connectivity index (χ3n) is 4.70. The topological polar surface area (TPSA) is 86.8 Å². The highest BCUT2D eigenvalue weighted by atomic mass is 19.1. The van der Waals surface area contributed by atoms with Gasteiger partial charge in [0.2, 0.25) is 0 Å². The Hall–Kier alpha value is -3.20. The number of carbonyl (C=O) groups is 2. The molecule has 3 amide bonds. The van der Waals surface area contributed by atoms with Crippen LogP contribution in [0.5, 0.6) is 0 Å². The highest BCUT2D eigenvalue weighted by molar-refractivity contribution is 5.99. The van der Waals surface area contributed by atoms with E-state index in [-0.39, 0.29) is 11.8 Å². The van der Waals surface area contributed by atoms with E-state index in [2.05, 4.69) is 20.5 Å². The number of nitrogens with zero attached hydrogens (tertiary/aromatic N) is 3. The first-order valence-corrected chi connectivity index (χ1v) is 9.29. The number of aryl methyl sites for hydroxylation is 1. The van der Waals surface area contributed by atoms with Gasteiger partial charge in [0.25, 0.3) is 0 Å². The maximum Gasteiger partial charge on any atom is 0.409 e. The molecule has 1 saturated heterocycles. The standard InChI is InChI=1S/C20H24FN5O3/c1-14-6-7-16(12-22-14)23-19(27)24-17-5-3-4-15(18(17)21)13-25-8-10-26(11-9-25)20(28)29-2/h3-7,12H,8-11,13H2,1-2H3,(H2,23,24,27). The zero-order valence-electron chi connectivity index (χ0n) is 16.4. The Labute approximate surface area is 168 Å². The van der Waals surface area contributed by atoms with E-state index in [0.717, 1.165) is 5.69 Å². The summed E-state index contributed by atoms with van der Waals surface area (Å²) in [5.74, 6) is -0.472. The lowest BCUT2D eigenvalue weighted by atomic mass is 10.1. The van der Waals surface area contributed by atoms with Crippen LogP contribution in [-0.2, 0) is 11.3 Å². The predicted molar refractivity (Wildman–Crippen MR) is 107 cm³/mol. The van der Waals surface area contributed by atoms with Crippen molar-refractivity contribution in [3.8, 4) is 0 Å². The number of amides is 3. The number of carbonyl (C=O) groups excluding carboxylic acids is 2. The third-order valence-corrected chi connectivity index (χ3v) is 4.70. The molecular weight excluding hydrogens is 377 g/mol. The van der Waals surface area contributed by atoms with Crippen LogP contribution in [0.1, 0.15) is 11.3 Å². The number of aromatic nitrogens is 1. The van der Waals surface area contributed by atoms with Crippen molar-refractivity contribution in [1.29, 1.82) is 0 Å². The maximum atomic E-state index is 14.9. The lowest BCUT2D eigenvalue weighted by molar-refractivity contribution is 0.0885. The molecule has 2 aromatic rings. The number of pyridine rings is 1. The molecule has 0 bridgehead atoms. The van der Waals surface area contributed by atoms with Gasteiger partial charge >= 0.3 is 12.1 Å². The Bertz CT molecular complexity index is 867. The number of ether oxygens (including phenoxy) is 1. The van der Waals surface area contributed by atoms with Crippen molar-refractivity contribution in [3.63, 3.8) is 0 Å². The summed E-state index contributed by atoms with van der Waals surface area (Å²) < 4.78 is 19.6. The van der Waals surface area contributed by atoms with Crippen LogP contribution in [-0.4, -0.2) is 60.2 Å². The molecule has 9 heteroatoms. The van der Waals surface area contributed by atoms with Crippen LogP contribution < -0.4 is 10.6 Å². The monoisotopic (exact) mass is 401 g/mol. The van der Waals surface area contributed by atoms with E-state index in [4.69, 9.17) is 4.74 Å². The van der Waals surface area contributed by atoms with Crippen molar-refractivity contribution in [2.45, 2.75) is 13.5 Å². The summed E-state index contributed by atoms with van der Waals surface area (Å²) in [5, 5.41) is 5.17. The van der Waals surface area contributed by atoms with Crippen molar-refractivity contribution in [3.05, 3.63) is 53.6 Å². The van der Waals surface area contributed by atoms with Gasteiger partial charge in [-0.25, -0.2) is 14.0 Å². The molecule has 1 aliphatic heterocycles. The average molecular weight is 401 g/mol. The molecule has 1 fully saturated rings. The van der Waals surface area contributed by atoms with Crippen molar-refractivity contribution in [2.24, 2.45) is 0 Å². The molecule has 2 N–H and O–H groups in total. The van der Waals surface area contributed by atoms with Gasteiger partial charge in [-0.15, -0.1) is 0 Å². The fourth-order valence-corrected chi connectivity index (χ4v) is 3.08. The van der Waals surface area contributed by atoms with Crippen molar-refractivity contribution in [1.82, 2.24) is 14.8 Å². The smallest absolute Gasteiger partial charge is 0.409 e. The van der Waals surface area contributed by atoms with Gasteiger partial charge in [0.15, 0.2) is 5.82 Å². The minimum atomic E-state index is -0.543. The molecule has 1 aromatic heterocycles. The molecule has 8 nitrogen and oxygen atoms in total. The van der Waals surface area contributed by atoms with E-state index in [1.54, 1.807) is 29.2 Å². The molecule has 29 heavy (non-hydrogen) atoms. The van der Waals surface area contributed by atoms with E-state index in [9.17, 15) is 14.0 Å². The summed E-state index contributed by atoms with van der Waals surface area (Å²) in [5.41, 5.74) is 1.94. The van der Waals surface area contributed by atoms with E-state index >= 15 is 0 Å². The molecule has 0 aliphatic carbocycles. The fraction of sp³-hybridized carbons (Fsp3) is 0.350. The quantitative estimate of drug-likeness (QED) is 0.822. The van der Waals surface area contributed by atoms with E-state index < -0.39 is 11.8 Å². The Morgan fingerprint density at radius 3 is 2.55 bits per heavy atom. The number of piperazine rings is 1. The molecule has 0 atom stereocenters. The van der Waals surface area contributed by atoms with E-state index in [0.29, 0.717) is 44.0 Å². The number of methoxy groups -OCH3 is 1. The van der Waals surface area contributed by atoms with Gasteiger partial charge in [0.1, 0.15) is 0 Å². The average Bonchev–Trinajstić information content (AvgIpc) is 2.72. The summed E-state index contributed by atoms with van der Waals surface area (Å²) >= 11 is 0. The minimum absolute atomic E-state index is 0.105. The van der Waals surface area contributed by atoms with Gasteiger partial charge in [0.05, 0.1) is 24.7 Å². The first-order valence-electron chi connectivity index (χ1n) is 9.29. The minimum Gasteiger partial charge on any atom is -0.453 e. The zero-order valence-corrected chi connectivity index (χ0v) is 16.4. The molecular formula is C20H24FN5O3. The number of rotatable bonds is 4. The fourth-order valence-electron chi connectivity index (χ4n) is 3.08. The van der Waals surface area contributed by atoms with Gasteiger partial charge in [-0.3, -0.25) is 9.88 Å². The van der Waals surface area contributed by atoms with Crippen LogP contribution in [0, 0.1) is 12.7 Å². The van der Waals surface area contributed by atoms with E-state index in [1.165, 1.54) is 19.4 Å². The maximum absolute atomic E-state index is 14.9. The van der Waals surface area contributed by atoms with Crippen LogP contribution in [0.25, 0.3) is 0 Å². The largest absolute Gasteiger partial charge is 0.453 e. The Balaban J connectivity index is 1.58. The molecule has 1 aliphatic rings. The summed E-state index contributed by atoms with van der Waals surface area (Å²) in [6, 6.07) is 7.86. The lowest BCUT2D eigenvalue weighted by Gasteiger charge is -2.33. The van der Waals surface area contributed by atoms with Gasteiger partial charge < -0.3 is 20.3 Å². The van der Waals surface area contributed by atoms with Crippen molar-refractivity contribution < 1.29 is 18.7 Å². The van der Waals surface area contributed by atoms with Gasteiger partial charge in [-0.05, 0) is 25.1 Å². The van der Waals surface area contributed by atoms with Crippen LogP contribution in [0.15, 0.2) is 36.5 Å². The Morgan fingerprint density at radius 2 is 1.90 bits per heavy atom. The molecule has 0 unspecified atom stereocenters. The number of anilines is 2. The number of hydrogen-bond donors (Lipinski definition) is 2. The summed E-state index contributed by atoms with van der Waals surface area (Å²) in [7, 11) is 1.36. The Morgan fingerprint density at radius 1 is 1.14 bits per heavy atom. The van der Waals surface area contributed by atoms with Crippen LogP contribution in [0.2, 0.25) is 0 Å². The molecule has 0 saturated carbocycles. The molecule has 154 valence electrons. The summed E-state index contributed by atoms with van der Waals surface area (Å²) in [4.78, 5) is 31.5. The summed E-state index contributed by atoms with van der Waals surface area (Å²) in [6.07, 6.45) is 1.19. The predicted octanol–water partition coefficient (Wildman–Crippen LogP) is 3.06. The number of hydrogen-bond acceptors (Lipinski definition) is 5. The normalized spacial score (nSPS) is 14.4.